The molecule has 0 amide bonds. The number of carbonyl (C=O) groups excluding carboxylic acids is 1. The number of hydrogen-bond acceptors (Lipinski definition) is 6. The van der Waals surface area contributed by atoms with E-state index in [9.17, 15) is 14.4 Å². The van der Waals surface area contributed by atoms with E-state index in [1.54, 1.807) is 21.4 Å². The summed E-state index contributed by atoms with van der Waals surface area (Å²) >= 11 is 0. The number of aromatic nitrogens is 5. The monoisotopic (exact) mass is 579 g/mol. The molecule has 0 aliphatic heterocycles. The standard InChI is InChI=1S/C33H33N5O5/c1-21(2)16-37-31-29(32(40)35(4)33(37)41)30(28-15-14-25(43-28)20-42-22(3)39)38(34-31)19-24-18-36(17-23-10-6-5-7-11-23)27-13-9-8-12-26(24)27/h5-15,18,21H,16-17,19-20H2,1-4H3. The summed E-state index contributed by atoms with van der Waals surface area (Å²) in [6, 6.07) is 21.9. The molecule has 6 aromatic rings. The van der Waals surface area contributed by atoms with Crippen LogP contribution in [-0.2, 0) is 42.8 Å². The maximum absolute atomic E-state index is 13.7. The minimum Gasteiger partial charge on any atom is -0.458 e. The van der Waals surface area contributed by atoms with Crippen molar-refractivity contribution in [1.82, 2.24) is 23.5 Å². The average Bonchev–Trinajstić information content (AvgIpc) is 3.70. The number of benzene rings is 2. The Morgan fingerprint density at radius 3 is 2.47 bits per heavy atom. The zero-order chi connectivity index (χ0) is 30.2. The SMILES string of the molecule is CC(=O)OCc1ccc(-c2c3c(=O)n(C)c(=O)n(CC(C)C)c3nn2Cc2cn(Cc3ccccc3)c3ccccc23)o1. The minimum atomic E-state index is -0.453. The van der Waals surface area contributed by atoms with E-state index in [1.165, 1.54) is 19.5 Å². The zero-order valence-electron chi connectivity index (χ0n) is 24.6. The molecule has 0 unspecified atom stereocenters. The highest BCUT2D eigenvalue weighted by Gasteiger charge is 2.25. The Morgan fingerprint density at radius 2 is 1.72 bits per heavy atom. The number of nitrogens with zero attached hydrogens (tertiary/aromatic N) is 5. The molecule has 0 N–H and O–H groups in total. The van der Waals surface area contributed by atoms with Crippen LogP contribution in [-0.4, -0.2) is 29.5 Å². The molecule has 2 aromatic carbocycles. The molecule has 0 atom stereocenters. The summed E-state index contributed by atoms with van der Waals surface area (Å²) in [7, 11) is 1.48. The Labute approximate surface area is 247 Å². The van der Waals surface area contributed by atoms with Gasteiger partial charge in [-0.3, -0.25) is 23.4 Å². The van der Waals surface area contributed by atoms with Crippen molar-refractivity contribution in [2.75, 3.05) is 0 Å². The summed E-state index contributed by atoms with van der Waals surface area (Å²) in [5.41, 5.74) is 3.15. The number of para-hydroxylation sites is 1. The quantitative estimate of drug-likeness (QED) is 0.225. The molecule has 10 nitrogen and oxygen atoms in total. The minimum absolute atomic E-state index is 0.0373. The fourth-order valence-corrected chi connectivity index (χ4v) is 5.53. The van der Waals surface area contributed by atoms with Crippen molar-refractivity contribution in [2.45, 2.75) is 47.0 Å². The lowest BCUT2D eigenvalue weighted by Crippen LogP contribution is -2.38. The predicted octanol–water partition coefficient (Wildman–Crippen LogP) is 4.93. The first-order valence-electron chi connectivity index (χ1n) is 14.2. The second-order valence-corrected chi connectivity index (χ2v) is 11.2. The van der Waals surface area contributed by atoms with Crippen LogP contribution < -0.4 is 11.2 Å². The largest absolute Gasteiger partial charge is 0.458 e. The van der Waals surface area contributed by atoms with Gasteiger partial charge in [-0.15, -0.1) is 0 Å². The molecule has 0 spiro atoms. The molecule has 0 fully saturated rings. The van der Waals surface area contributed by atoms with Crippen molar-refractivity contribution in [3.05, 3.63) is 111 Å². The Kier molecular flexibility index (Phi) is 7.35. The maximum atomic E-state index is 13.7. The van der Waals surface area contributed by atoms with Gasteiger partial charge in [-0.05, 0) is 35.2 Å². The Hall–Kier alpha value is -5.12. The lowest BCUT2D eigenvalue weighted by atomic mass is 10.1. The van der Waals surface area contributed by atoms with Crippen LogP contribution in [0.1, 0.15) is 37.7 Å². The third-order valence-electron chi connectivity index (χ3n) is 7.47. The van der Waals surface area contributed by atoms with E-state index in [-0.39, 0.29) is 12.5 Å². The summed E-state index contributed by atoms with van der Waals surface area (Å²) in [4.78, 5) is 38.3. The van der Waals surface area contributed by atoms with Crippen molar-refractivity contribution in [2.24, 2.45) is 13.0 Å². The highest BCUT2D eigenvalue weighted by Crippen LogP contribution is 2.31. The van der Waals surface area contributed by atoms with Gasteiger partial charge in [0.05, 0.1) is 6.54 Å². The molecule has 4 heterocycles. The summed E-state index contributed by atoms with van der Waals surface area (Å²) in [5, 5.41) is 6.25. The molecule has 6 rings (SSSR count). The van der Waals surface area contributed by atoms with Gasteiger partial charge in [-0.1, -0.05) is 62.4 Å². The fraction of sp³-hybridized carbons (Fsp3) is 0.273. The summed E-state index contributed by atoms with van der Waals surface area (Å²) < 4.78 is 17.9. The van der Waals surface area contributed by atoms with Crippen LogP contribution in [0.5, 0.6) is 0 Å². The number of ether oxygens (including phenoxy) is 1. The van der Waals surface area contributed by atoms with E-state index in [2.05, 4.69) is 35.0 Å². The molecule has 0 bridgehead atoms. The molecular weight excluding hydrogens is 546 g/mol. The van der Waals surface area contributed by atoms with E-state index in [0.29, 0.717) is 47.9 Å². The number of carbonyl (C=O) groups is 1. The number of esters is 1. The molecular formula is C33H33N5O5. The Morgan fingerprint density at radius 1 is 0.977 bits per heavy atom. The van der Waals surface area contributed by atoms with Crippen LogP contribution in [0.3, 0.4) is 0 Å². The molecule has 43 heavy (non-hydrogen) atoms. The average molecular weight is 580 g/mol. The molecule has 220 valence electrons. The zero-order valence-corrected chi connectivity index (χ0v) is 24.6. The molecule has 10 heteroatoms. The molecule has 0 saturated carbocycles. The highest BCUT2D eigenvalue weighted by molar-refractivity contribution is 5.90. The predicted molar refractivity (Wildman–Crippen MR) is 164 cm³/mol. The smallest absolute Gasteiger partial charge is 0.332 e. The van der Waals surface area contributed by atoms with Crippen LogP contribution in [0.2, 0.25) is 0 Å². The van der Waals surface area contributed by atoms with Gasteiger partial charge in [0.2, 0.25) is 0 Å². The third kappa shape index (κ3) is 5.31. The van der Waals surface area contributed by atoms with E-state index in [1.807, 2.05) is 44.2 Å². The van der Waals surface area contributed by atoms with Crippen molar-refractivity contribution < 1.29 is 13.9 Å². The van der Waals surface area contributed by atoms with E-state index >= 15 is 0 Å². The van der Waals surface area contributed by atoms with Gasteiger partial charge >= 0.3 is 11.7 Å². The van der Waals surface area contributed by atoms with Crippen molar-refractivity contribution in [3.63, 3.8) is 0 Å². The van der Waals surface area contributed by atoms with Gasteiger partial charge in [0.25, 0.3) is 5.56 Å². The van der Waals surface area contributed by atoms with Gasteiger partial charge < -0.3 is 13.7 Å². The summed E-state index contributed by atoms with van der Waals surface area (Å²) in [6.07, 6.45) is 2.11. The first kappa shape index (κ1) is 28.0. The molecule has 0 aliphatic carbocycles. The van der Waals surface area contributed by atoms with Crippen molar-refractivity contribution in [1.29, 1.82) is 0 Å². The lowest BCUT2D eigenvalue weighted by molar-refractivity contribution is -0.142. The molecule has 0 radical (unpaired) electrons. The van der Waals surface area contributed by atoms with Gasteiger partial charge in [-0.25, -0.2) is 4.79 Å². The van der Waals surface area contributed by atoms with Crippen LogP contribution in [0.15, 0.2) is 86.9 Å². The van der Waals surface area contributed by atoms with E-state index in [0.717, 1.165) is 21.0 Å². The van der Waals surface area contributed by atoms with Crippen LogP contribution in [0.4, 0.5) is 0 Å². The number of furan rings is 1. The maximum Gasteiger partial charge on any atom is 0.332 e. The van der Waals surface area contributed by atoms with Gasteiger partial charge in [0.1, 0.15) is 23.4 Å². The van der Waals surface area contributed by atoms with Gasteiger partial charge in [0, 0.05) is 44.2 Å². The summed E-state index contributed by atoms with van der Waals surface area (Å²) in [6.45, 7) is 6.73. The second-order valence-electron chi connectivity index (χ2n) is 11.2. The van der Waals surface area contributed by atoms with Crippen molar-refractivity contribution in [3.8, 4) is 11.5 Å². The van der Waals surface area contributed by atoms with Crippen molar-refractivity contribution >= 4 is 27.9 Å². The first-order valence-corrected chi connectivity index (χ1v) is 14.2. The van der Waals surface area contributed by atoms with Gasteiger partial charge in [0.15, 0.2) is 11.4 Å². The lowest BCUT2D eigenvalue weighted by Gasteiger charge is -2.10. The normalized spacial score (nSPS) is 11.7. The fourth-order valence-electron chi connectivity index (χ4n) is 5.53. The van der Waals surface area contributed by atoms with Gasteiger partial charge in [-0.2, -0.15) is 5.10 Å². The number of hydrogen-bond donors (Lipinski definition) is 0. The molecule has 0 aliphatic rings. The van der Waals surface area contributed by atoms with E-state index < -0.39 is 17.2 Å². The molecule has 4 aromatic heterocycles. The van der Waals surface area contributed by atoms with E-state index in [4.69, 9.17) is 14.3 Å². The van der Waals surface area contributed by atoms with Crippen LogP contribution >= 0.6 is 0 Å². The summed E-state index contributed by atoms with van der Waals surface area (Å²) in [5.74, 6) is 0.538. The third-order valence-corrected chi connectivity index (χ3v) is 7.47. The van der Waals surface area contributed by atoms with Crippen LogP contribution in [0.25, 0.3) is 33.4 Å². The highest BCUT2D eigenvalue weighted by atomic mass is 16.5. The molecule has 0 saturated heterocycles. The first-order chi connectivity index (χ1) is 20.7. The van der Waals surface area contributed by atoms with Crippen LogP contribution in [0, 0.1) is 5.92 Å². The topological polar surface area (TPSA) is 106 Å². The Balaban J connectivity index is 1.54. The number of rotatable bonds is 9. The number of fused-ring (bicyclic) bond motifs is 2. The Bertz CT molecular complexity index is 2070. The second kappa shape index (κ2) is 11.3.